The van der Waals surface area contributed by atoms with Crippen LogP contribution in [0, 0.1) is 0 Å². The van der Waals surface area contributed by atoms with E-state index in [-0.39, 0.29) is 12.1 Å². The number of anilines is 1. The average Bonchev–Trinajstić information content (AvgIpc) is 3.25. The normalized spacial score (nSPS) is 16.2. The Bertz CT molecular complexity index is 856. The van der Waals surface area contributed by atoms with Crippen LogP contribution in [0.1, 0.15) is 17.9 Å². The maximum Gasteiger partial charge on any atom is 0.320 e. The van der Waals surface area contributed by atoms with E-state index in [2.05, 4.69) is 30.8 Å². The van der Waals surface area contributed by atoms with Crippen LogP contribution in [0.2, 0.25) is 0 Å². The number of hydrogen-bond acceptors (Lipinski definition) is 5. The van der Waals surface area contributed by atoms with Crippen molar-refractivity contribution in [3.05, 3.63) is 54.5 Å². The molecule has 1 aliphatic heterocycles. The van der Waals surface area contributed by atoms with Crippen LogP contribution < -0.4 is 10.6 Å². The van der Waals surface area contributed by atoms with Crippen molar-refractivity contribution in [1.82, 2.24) is 34.8 Å². The van der Waals surface area contributed by atoms with Crippen molar-refractivity contribution in [1.29, 1.82) is 0 Å². The number of rotatable bonds is 4. The second kappa shape index (κ2) is 6.71. The zero-order chi connectivity index (χ0) is 17.1. The summed E-state index contributed by atoms with van der Waals surface area (Å²) in [5.74, 6) is 1.59. The zero-order valence-corrected chi connectivity index (χ0v) is 13.5. The molecule has 0 aliphatic carbocycles. The number of nitrogens with zero attached hydrogens (tertiary/aromatic N) is 6. The van der Waals surface area contributed by atoms with Gasteiger partial charge in [-0.2, -0.15) is 10.2 Å². The van der Waals surface area contributed by atoms with Gasteiger partial charge in [0, 0.05) is 18.7 Å². The highest BCUT2D eigenvalue weighted by Crippen LogP contribution is 2.12. The van der Waals surface area contributed by atoms with E-state index >= 15 is 0 Å². The Morgan fingerprint density at radius 2 is 2.16 bits per heavy atom. The number of hydrogen-bond donors (Lipinski definition) is 2. The molecule has 0 bridgehead atoms. The lowest BCUT2D eigenvalue weighted by atomic mass is 10.1. The molecular weight excluding hydrogens is 320 g/mol. The quantitative estimate of drug-likeness (QED) is 0.740. The fourth-order valence-electron chi connectivity index (χ4n) is 2.90. The second-order valence-corrected chi connectivity index (χ2v) is 5.89. The second-order valence-electron chi connectivity index (χ2n) is 5.89. The Kier molecular flexibility index (Phi) is 4.11. The minimum atomic E-state index is -0.253. The van der Waals surface area contributed by atoms with Gasteiger partial charge in [-0.1, -0.05) is 6.07 Å². The highest BCUT2D eigenvalue weighted by atomic mass is 16.2. The summed E-state index contributed by atoms with van der Waals surface area (Å²) in [6.07, 6.45) is 6.59. The van der Waals surface area contributed by atoms with Crippen LogP contribution in [0.25, 0.3) is 0 Å². The van der Waals surface area contributed by atoms with Gasteiger partial charge in [0.1, 0.15) is 18.0 Å². The molecule has 4 rings (SSSR count). The summed E-state index contributed by atoms with van der Waals surface area (Å²) in [5.41, 5.74) is 0.876. The van der Waals surface area contributed by atoms with Gasteiger partial charge in [-0.05, 0) is 18.6 Å². The predicted octanol–water partition coefficient (Wildman–Crippen LogP) is 1.05. The summed E-state index contributed by atoms with van der Waals surface area (Å²) >= 11 is 0. The Morgan fingerprint density at radius 3 is 3.04 bits per heavy atom. The molecule has 25 heavy (non-hydrogen) atoms. The molecule has 9 heteroatoms. The van der Waals surface area contributed by atoms with Crippen LogP contribution in [-0.2, 0) is 19.5 Å². The highest BCUT2D eigenvalue weighted by Gasteiger charge is 2.21. The molecule has 0 aromatic carbocycles. The lowest BCUT2D eigenvalue weighted by Gasteiger charge is -2.23. The molecule has 0 saturated carbocycles. The lowest BCUT2D eigenvalue weighted by molar-refractivity contribution is 0.243. The van der Waals surface area contributed by atoms with Gasteiger partial charge in [0.15, 0.2) is 0 Å². The summed E-state index contributed by atoms with van der Waals surface area (Å²) in [4.78, 5) is 20.8. The van der Waals surface area contributed by atoms with Crippen LogP contribution in [0.3, 0.4) is 0 Å². The van der Waals surface area contributed by atoms with Crippen molar-refractivity contribution >= 4 is 11.8 Å². The molecule has 2 amide bonds. The van der Waals surface area contributed by atoms with Gasteiger partial charge < -0.3 is 5.32 Å². The number of nitrogens with one attached hydrogen (secondary N) is 2. The number of amides is 2. The van der Waals surface area contributed by atoms with Crippen molar-refractivity contribution in [2.75, 3.05) is 5.32 Å². The Hall–Kier alpha value is -3.23. The van der Waals surface area contributed by atoms with Gasteiger partial charge in [0.05, 0.1) is 31.0 Å². The molecular formula is C16H18N8O. The average molecular weight is 338 g/mol. The van der Waals surface area contributed by atoms with Crippen molar-refractivity contribution in [3.8, 4) is 0 Å². The number of carbonyl (C=O) groups is 1. The fourth-order valence-corrected chi connectivity index (χ4v) is 2.90. The summed E-state index contributed by atoms with van der Waals surface area (Å²) in [7, 11) is 0. The fraction of sp³-hybridized carbons (Fsp3) is 0.312. The molecule has 0 spiro atoms. The van der Waals surface area contributed by atoms with Crippen molar-refractivity contribution in [2.45, 2.75) is 32.0 Å². The summed E-state index contributed by atoms with van der Waals surface area (Å²) in [5, 5.41) is 14.2. The van der Waals surface area contributed by atoms with Gasteiger partial charge in [0.2, 0.25) is 0 Å². The van der Waals surface area contributed by atoms with Crippen LogP contribution in [0.4, 0.5) is 10.6 Å². The van der Waals surface area contributed by atoms with E-state index in [0.717, 1.165) is 24.4 Å². The standard InChI is InChI=1S/C16H18N8O/c25-16(21-13-4-5-14-18-11-20-23(14)10-13)22-15-6-8-19-24(15)9-12-3-1-2-7-17-12/h1-3,6-8,11,13H,4-5,9-10H2,(H2,21,22,25)/t13-/m0/s1. The minimum Gasteiger partial charge on any atom is -0.333 e. The molecule has 2 N–H and O–H groups in total. The molecule has 1 atom stereocenters. The first-order valence-corrected chi connectivity index (χ1v) is 8.14. The zero-order valence-electron chi connectivity index (χ0n) is 13.5. The van der Waals surface area contributed by atoms with E-state index in [4.69, 9.17) is 0 Å². The van der Waals surface area contributed by atoms with Crippen LogP contribution in [0.15, 0.2) is 43.0 Å². The number of pyridine rings is 1. The monoisotopic (exact) mass is 338 g/mol. The number of aryl methyl sites for hydroxylation is 1. The molecule has 3 aromatic heterocycles. The van der Waals surface area contributed by atoms with Crippen LogP contribution in [-0.4, -0.2) is 41.6 Å². The third-order valence-electron chi connectivity index (χ3n) is 4.14. The Labute approximate surface area is 144 Å². The molecule has 128 valence electrons. The molecule has 0 unspecified atom stereocenters. The number of carbonyl (C=O) groups excluding carboxylic acids is 1. The van der Waals surface area contributed by atoms with E-state index in [0.29, 0.717) is 18.9 Å². The van der Waals surface area contributed by atoms with E-state index in [9.17, 15) is 4.79 Å². The Balaban J connectivity index is 1.36. The van der Waals surface area contributed by atoms with Gasteiger partial charge in [-0.3, -0.25) is 10.3 Å². The summed E-state index contributed by atoms with van der Waals surface area (Å²) < 4.78 is 3.54. The van der Waals surface area contributed by atoms with E-state index < -0.39 is 0 Å². The van der Waals surface area contributed by atoms with Crippen molar-refractivity contribution < 1.29 is 4.79 Å². The first kappa shape index (κ1) is 15.3. The largest absolute Gasteiger partial charge is 0.333 e. The predicted molar refractivity (Wildman–Crippen MR) is 89.9 cm³/mol. The van der Waals surface area contributed by atoms with Gasteiger partial charge in [0.25, 0.3) is 0 Å². The lowest BCUT2D eigenvalue weighted by Crippen LogP contribution is -2.43. The molecule has 0 saturated heterocycles. The third-order valence-corrected chi connectivity index (χ3v) is 4.14. The van der Waals surface area contributed by atoms with E-state index in [1.54, 1.807) is 29.5 Å². The van der Waals surface area contributed by atoms with Gasteiger partial charge in [-0.25, -0.2) is 19.1 Å². The summed E-state index contributed by atoms with van der Waals surface area (Å²) in [6, 6.07) is 7.25. The SMILES string of the molecule is O=C(Nc1ccnn1Cc1ccccn1)N[C@H]1CCc2ncnn2C1. The minimum absolute atomic E-state index is 0.0290. The molecule has 3 aromatic rings. The number of fused-ring (bicyclic) bond motifs is 1. The number of urea groups is 1. The first-order valence-electron chi connectivity index (χ1n) is 8.14. The molecule has 0 radical (unpaired) electrons. The van der Waals surface area contributed by atoms with Crippen LogP contribution >= 0.6 is 0 Å². The Morgan fingerprint density at radius 1 is 1.20 bits per heavy atom. The molecule has 9 nitrogen and oxygen atoms in total. The number of aromatic nitrogens is 6. The van der Waals surface area contributed by atoms with Crippen molar-refractivity contribution in [3.63, 3.8) is 0 Å². The maximum absolute atomic E-state index is 12.3. The molecule has 1 aliphatic rings. The maximum atomic E-state index is 12.3. The third kappa shape index (κ3) is 3.49. The van der Waals surface area contributed by atoms with E-state index in [1.165, 1.54) is 0 Å². The van der Waals surface area contributed by atoms with Crippen LogP contribution in [0.5, 0.6) is 0 Å². The van der Waals surface area contributed by atoms with Gasteiger partial charge >= 0.3 is 6.03 Å². The highest BCUT2D eigenvalue weighted by molar-refractivity contribution is 5.88. The van der Waals surface area contributed by atoms with Gasteiger partial charge in [-0.15, -0.1) is 0 Å². The molecule has 4 heterocycles. The molecule has 0 fully saturated rings. The summed E-state index contributed by atoms with van der Waals surface area (Å²) in [6.45, 7) is 1.13. The topological polar surface area (TPSA) is 103 Å². The smallest absolute Gasteiger partial charge is 0.320 e. The van der Waals surface area contributed by atoms with E-state index in [1.807, 2.05) is 22.9 Å². The first-order chi connectivity index (χ1) is 12.3. The van der Waals surface area contributed by atoms with Crippen molar-refractivity contribution in [2.24, 2.45) is 0 Å².